The second kappa shape index (κ2) is 3.47. The third kappa shape index (κ3) is 3.14. The minimum Gasteiger partial charge on any atom is -0.406 e. The summed E-state index contributed by atoms with van der Waals surface area (Å²) in [6, 6.07) is 5.22. The van der Waals surface area contributed by atoms with Gasteiger partial charge in [0.05, 0.1) is 0 Å². The highest BCUT2D eigenvalue weighted by molar-refractivity contribution is 5.77. The van der Waals surface area contributed by atoms with Crippen LogP contribution < -0.4 is 4.74 Å². The highest BCUT2D eigenvalue weighted by Crippen LogP contribution is 2.22. The molecule has 0 aliphatic rings. The van der Waals surface area contributed by atoms with Gasteiger partial charge in [0.2, 0.25) is 0 Å². The van der Waals surface area contributed by atoms with E-state index in [-0.39, 0.29) is 5.75 Å². The van der Waals surface area contributed by atoms with E-state index in [2.05, 4.69) is 4.74 Å². The van der Waals surface area contributed by atoms with Gasteiger partial charge in [0, 0.05) is 6.21 Å². The first-order valence-corrected chi connectivity index (χ1v) is 3.37. The fourth-order valence-corrected chi connectivity index (χ4v) is 0.801. The Bertz CT molecular complexity index is 309. The van der Waals surface area contributed by atoms with E-state index in [4.69, 9.17) is 5.41 Å². The van der Waals surface area contributed by atoms with Crippen LogP contribution in [0.2, 0.25) is 0 Å². The number of hydrogen-bond acceptors (Lipinski definition) is 2. The first kappa shape index (κ1) is 9.57. The van der Waals surface area contributed by atoms with E-state index in [9.17, 15) is 13.2 Å². The van der Waals surface area contributed by atoms with Gasteiger partial charge in [-0.1, -0.05) is 12.1 Å². The first-order chi connectivity index (χ1) is 6.01. The summed E-state index contributed by atoms with van der Waals surface area (Å²) in [7, 11) is 0. The average Bonchev–Trinajstić information content (AvgIpc) is 2.01. The maximum Gasteiger partial charge on any atom is 0.573 e. The maximum absolute atomic E-state index is 11.7. The standard InChI is InChI=1S/C8H6F3NO/c9-8(10,11)13-7-3-1-2-6(4-7)5-12/h1-5,12H. The van der Waals surface area contributed by atoms with Gasteiger partial charge in [0.25, 0.3) is 0 Å². The molecule has 1 aromatic rings. The highest BCUT2D eigenvalue weighted by atomic mass is 19.4. The molecule has 2 nitrogen and oxygen atoms in total. The van der Waals surface area contributed by atoms with Crippen LogP contribution in [0.4, 0.5) is 13.2 Å². The molecular weight excluding hydrogens is 183 g/mol. The highest BCUT2D eigenvalue weighted by Gasteiger charge is 2.30. The van der Waals surface area contributed by atoms with Crippen LogP contribution in [0.15, 0.2) is 24.3 Å². The monoisotopic (exact) mass is 189 g/mol. The van der Waals surface area contributed by atoms with Crippen LogP contribution in [-0.4, -0.2) is 12.6 Å². The molecule has 1 N–H and O–H groups in total. The van der Waals surface area contributed by atoms with Crippen LogP contribution in [0.3, 0.4) is 0 Å². The van der Waals surface area contributed by atoms with Gasteiger partial charge in [-0.15, -0.1) is 13.2 Å². The molecular formula is C8H6F3NO. The molecule has 0 fully saturated rings. The molecule has 0 aliphatic carbocycles. The lowest BCUT2D eigenvalue weighted by atomic mass is 10.2. The van der Waals surface area contributed by atoms with Gasteiger partial charge in [0.15, 0.2) is 0 Å². The van der Waals surface area contributed by atoms with Gasteiger partial charge < -0.3 is 10.1 Å². The van der Waals surface area contributed by atoms with Crippen LogP contribution in [-0.2, 0) is 0 Å². The third-order valence-corrected chi connectivity index (χ3v) is 1.26. The number of benzene rings is 1. The lowest BCUT2D eigenvalue weighted by Crippen LogP contribution is -2.17. The summed E-state index contributed by atoms with van der Waals surface area (Å²) >= 11 is 0. The zero-order chi connectivity index (χ0) is 9.90. The largest absolute Gasteiger partial charge is 0.573 e. The maximum atomic E-state index is 11.7. The van der Waals surface area contributed by atoms with E-state index in [1.54, 1.807) is 0 Å². The second-order valence-electron chi connectivity index (χ2n) is 2.26. The summed E-state index contributed by atoms with van der Waals surface area (Å²) in [6.07, 6.45) is -3.73. The predicted octanol–water partition coefficient (Wildman–Crippen LogP) is 2.58. The first-order valence-electron chi connectivity index (χ1n) is 3.37. The number of hydrogen-bond donors (Lipinski definition) is 1. The minimum absolute atomic E-state index is 0.312. The molecule has 0 radical (unpaired) electrons. The Morgan fingerprint density at radius 2 is 2.00 bits per heavy atom. The van der Waals surface area contributed by atoms with Crippen molar-refractivity contribution in [2.75, 3.05) is 0 Å². The van der Waals surface area contributed by atoms with Gasteiger partial charge >= 0.3 is 6.36 Å². The molecule has 0 heterocycles. The van der Waals surface area contributed by atoms with Crippen molar-refractivity contribution in [1.82, 2.24) is 0 Å². The second-order valence-corrected chi connectivity index (χ2v) is 2.26. The molecule has 5 heteroatoms. The molecule has 0 spiro atoms. The van der Waals surface area contributed by atoms with E-state index >= 15 is 0 Å². The Hall–Kier alpha value is -1.52. The van der Waals surface area contributed by atoms with Gasteiger partial charge in [-0.05, 0) is 17.7 Å². The van der Waals surface area contributed by atoms with Crippen LogP contribution in [0.5, 0.6) is 5.75 Å². The summed E-state index contributed by atoms with van der Waals surface area (Å²) in [5, 5.41) is 6.81. The van der Waals surface area contributed by atoms with Crippen molar-refractivity contribution in [3.05, 3.63) is 29.8 Å². The van der Waals surface area contributed by atoms with E-state index in [1.165, 1.54) is 18.2 Å². The number of nitrogens with one attached hydrogen (secondary N) is 1. The van der Waals surface area contributed by atoms with Crippen molar-refractivity contribution in [2.45, 2.75) is 6.36 Å². The Morgan fingerprint density at radius 3 is 2.54 bits per heavy atom. The zero-order valence-electron chi connectivity index (χ0n) is 6.43. The SMILES string of the molecule is N=Cc1cccc(OC(F)(F)F)c1. The molecule has 1 aromatic carbocycles. The minimum atomic E-state index is -4.68. The smallest absolute Gasteiger partial charge is 0.406 e. The normalized spacial score (nSPS) is 11.0. The number of alkyl halides is 3. The Kier molecular flexibility index (Phi) is 2.55. The zero-order valence-corrected chi connectivity index (χ0v) is 6.43. The average molecular weight is 189 g/mol. The summed E-state index contributed by atoms with van der Waals surface area (Å²) in [5.74, 6) is -0.312. The van der Waals surface area contributed by atoms with E-state index in [1.807, 2.05) is 0 Å². The van der Waals surface area contributed by atoms with E-state index in [0.717, 1.165) is 12.3 Å². The van der Waals surface area contributed by atoms with Crippen molar-refractivity contribution in [2.24, 2.45) is 0 Å². The summed E-state index contributed by atoms with van der Waals surface area (Å²) in [5.41, 5.74) is 0.363. The van der Waals surface area contributed by atoms with Crippen LogP contribution in [0.1, 0.15) is 5.56 Å². The van der Waals surface area contributed by atoms with Gasteiger partial charge in [0.1, 0.15) is 5.75 Å². The van der Waals surface area contributed by atoms with E-state index < -0.39 is 6.36 Å². The molecule has 0 atom stereocenters. The summed E-state index contributed by atoms with van der Waals surface area (Å²) in [6.45, 7) is 0. The number of ether oxygens (including phenoxy) is 1. The fraction of sp³-hybridized carbons (Fsp3) is 0.125. The molecule has 0 amide bonds. The van der Waals surface area contributed by atoms with Crippen LogP contribution in [0.25, 0.3) is 0 Å². The molecule has 0 saturated carbocycles. The van der Waals surface area contributed by atoms with Crippen molar-refractivity contribution in [3.8, 4) is 5.75 Å². The lowest BCUT2D eigenvalue weighted by Gasteiger charge is -2.08. The van der Waals surface area contributed by atoms with Crippen molar-refractivity contribution >= 4 is 6.21 Å². The van der Waals surface area contributed by atoms with Crippen molar-refractivity contribution in [3.63, 3.8) is 0 Å². The fourth-order valence-electron chi connectivity index (χ4n) is 0.801. The van der Waals surface area contributed by atoms with Crippen LogP contribution >= 0.6 is 0 Å². The molecule has 70 valence electrons. The molecule has 0 unspecified atom stereocenters. The van der Waals surface area contributed by atoms with E-state index in [0.29, 0.717) is 5.56 Å². The summed E-state index contributed by atoms with van der Waals surface area (Å²) in [4.78, 5) is 0. The molecule has 0 bridgehead atoms. The number of rotatable bonds is 2. The van der Waals surface area contributed by atoms with Gasteiger partial charge in [-0.25, -0.2) is 0 Å². The van der Waals surface area contributed by atoms with Gasteiger partial charge in [-0.3, -0.25) is 0 Å². The Balaban J connectivity index is 2.84. The quantitative estimate of drug-likeness (QED) is 0.712. The molecule has 0 aliphatic heterocycles. The Labute approximate surface area is 72.5 Å². The molecule has 0 aromatic heterocycles. The topological polar surface area (TPSA) is 33.1 Å². The van der Waals surface area contributed by atoms with Crippen LogP contribution in [0, 0.1) is 5.41 Å². The molecule has 0 saturated heterocycles. The third-order valence-electron chi connectivity index (χ3n) is 1.26. The Morgan fingerprint density at radius 1 is 1.31 bits per heavy atom. The molecule has 1 rings (SSSR count). The lowest BCUT2D eigenvalue weighted by molar-refractivity contribution is -0.274. The molecule has 13 heavy (non-hydrogen) atoms. The summed E-state index contributed by atoms with van der Waals surface area (Å²) < 4.78 is 38.7. The van der Waals surface area contributed by atoms with Crippen molar-refractivity contribution in [1.29, 1.82) is 5.41 Å². The van der Waals surface area contributed by atoms with Crippen molar-refractivity contribution < 1.29 is 17.9 Å². The predicted molar refractivity (Wildman–Crippen MR) is 41.0 cm³/mol. The van der Waals surface area contributed by atoms with Gasteiger partial charge in [-0.2, -0.15) is 0 Å². The number of halogens is 3.